The number of hydrogen-bond acceptors (Lipinski definition) is 1. The van der Waals surface area contributed by atoms with Crippen molar-refractivity contribution < 1.29 is 9.18 Å². The molecule has 1 N–H and O–H groups in total. The number of carbonyl (C=O) groups is 1. The fourth-order valence-corrected chi connectivity index (χ4v) is 10.7. The molecular formula is C30H31FNOP. The average Bonchev–Trinajstić information content (AvgIpc) is 2.86. The molecule has 0 radical (unpaired) electrons. The van der Waals surface area contributed by atoms with Gasteiger partial charge in [-0.25, -0.2) is 0 Å². The summed E-state index contributed by atoms with van der Waals surface area (Å²) in [5.74, 6) is -0.315. The average molecular weight is 472 g/mol. The first-order valence-corrected chi connectivity index (χ1v) is 13.8. The second-order valence-electron chi connectivity index (χ2n) is 8.77. The van der Waals surface area contributed by atoms with Gasteiger partial charge in [0.1, 0.15) is 0 Å². The fraction of sp³-hybridized carbons (Fsp3) is 0.167. The van der Waals surface area contributed by atoms with E-state index in [-0.39, 0.29) is 17.4 Å². The zero-order valence-electron chi connectivity index (χ0n) is 19.9. The van der Waals surface area contributed by atoms with Crippen molar-refractivity contribution in [3.05, 3.63) is 120 Å². The van der Waals surface area contributed by atoms with E-state index in [4.69, 9.17) is 0 Å². The van der Waals surface area contributed by atoms with E-state index < -0.39 is 7.26 Å². The number of nitrogens with one attached hydrogen (secondary N) is 1. The van der Waals surface area contributed by atoms with E-state index in [1.807, 2.05) is 32.0 Å². The van der Waals surface area contributed by atoms with Gasteiger partial charge in [-0.2, -0.15) is 0 Å². The Morgan fingerprint density at radius 2 is 1.15 bits per heavy atom. The predicted octanol–water partition coefficient (Wildman–Crippen LogP) is 5.89. The van der Waals surface area contributed by atoms with Gasteiger partial charge in [0, 0.05) is 0 Å². The van der Waals surface area contributed by atoms with Crippen LogP contribution in [0.3, 0.4) is 0 Å². The van der Waals surface area contributed by atoms with Gasteiger partial charge in [-0.15, -0.1) is 0 Å². The maximum absolute atomic E-state index is 14.1. The number of amides is 1. The fourth-order valence-electron chi connectivity index (χ4n) is 5.21. The van der Waals surface area contributed by atoms with Crippen molar-refractivity contribution in [3.63, 3.8) is 0 Å². The Morgan fingerprint density at radius 3 is 1.50 bits per heavy atom. The van der Waals surface area contributed by atoms with Gasteiger partial charge in [0.05, 0.1) is 0 Å². The monoisotopic (exact) mass is 471 g/mol. The molecule has 0 bridgehead atoms. The van der Waals surface area contributed by atoms with Crippen LogP contribution in [0.2, 0.25) is 0 Å². The van der Waals surface area contributed by atoms with Gasteiger partial charge < -0.3 is 0 Å². The number of benzene rings is 4. The molecule has 1 atom stereocenters. The van der Waals surface area contributed by atoms with Gasteiger partial charge >= 0.3 is 202 Å². The molecule has 4 heteroatoms. The summed E-state index contributed by atoms with van der Waals surface area (Å²) >= 11 is 0. The van der Waals surface area contributed by atoms with E-state index in [1.54, 1.807) is 0 Å². The van der Waals surface area contributed by atoms with Crippen LogP contribution in [0.1, 0.15) is 24.5 Å². The number of anilines is 1. The van der Waals surface area contributed by atoms with Crippen molar-refractivity contribution in [3.8, 4) is 0 Å². The quantitative estimate of drug-likeness (QED) is 0.335. The van der Waals surface area contributed by atoms with Crippen LogP contribution in [0.4, 0.5) is 10.1 Å². The zero-order valence-corrected chi connectivity index (χ0v) is 20.9. The Bertz CT molecular complexity index is 1140. The van der Waals surface area contributed by atoms with E-state index in [9.17, 15) is 9.18 Å². The van der Waals surface area contributed by atoms with Gasteiger partial charge in [0.2, 0.25) is 0 Å². The summed E-state index contributed by atoms with van der Waals surface area (Å²) in [5, 5.41) is 6.79. The number of hydrogen-bond donors (Lipinski definition) is 1. The van der Waals surface area contributed by atoms with Gasteiger partial charge in [0.15, 0.2) is 0 Å². The summed E-state index contributed by atoms with van der Waals surface area (Å²) in [6.07, 6.45) is 0.677. The Labute approximate surface area is 202 Å². The van der Waals surface area contributed by atoms with Crippen molar-refractivity contribution in [2.45, 2.75) is 32.9 Å². The molecule has 0 spiro atoms. The Balaban J connectivity index is 1.95. The zero-order chi connectivity index (χ0) is 24.1. The first-order chi connectivity index (χ1) is 16.5. The van der Waals surface area contributed by atoms with Crippen LogP contribution in [0.25, 0.3) is 0 Å². The predicted molar refractivity (Wildman–Crippen MR) is 145 cm³/mol. The molecule has 0 aliphatic rings. The van der Waals surface area contributed by atoms with E-state index >= 15 is 0 Å². The van der Waals surface area contributed by atoms with Crippen molar-refractivity contribution >= 4 is 34.8 Å². The van der Waals surface area contributed by atoms with Gasteiger partial charge in [-0.05, 0) is 0 Å². The van der Waals surface area contributed by atoms with Crippen LogP contribution in [-0.4, -0.2) is 11.6 Å². The Morgan fingerprint density at radius 1 is 0.765 bits per heavy atom. The molecule has 0 aliphatic carbocycles. The van der Waals surface area contributed by atoms with Crippen molar-refractivity contribution in [1.82, 2.24) is 0 Å². The Hall–Kier alpha value is -3.29. The van der Waals surface area contributed by atoms with E-state index in [1.165, 1.54) is 28.0 Å². The van der Waals surface area contributed by atoms with Crippen molar-refractivity contribution in [2.24, 2.45) is 0 Å². The SMILES string of the molecule is CCC(C(=O)Nc1c(C)cc(F)cc1C)[PH](c1ccccc1)(c1ccccc1)c1ccccc1. The number of aryl methyl sites for hydroxylation is 2. The summed E-state index contributed by atoms with van der Waals surface area (Å²) in [5.41, 5.74) is 1.88. The second kappa shape index (κ2) is 10.3. The molecule has 2 nitrogen and oxygen atoms in total. The molecular weight excluding hydrogens is 440 g/mol. The number of halogens is 1. The molecule has 1 amide bonds. The molecule has 34 heavy (non-hydrogen) atoms. The maximum atomic E-state index is 14.1. The van der Waals surface area contributed by atoms with Gasteiger partial charge in [0.25, 0.3) is 0 Å². The van der Waals surface area contributed by atoms with Crippen molar-refractivity contribution in [2.75, 3.05) is 5.32 Å². The van der Waals surface area contributed by atoms with Crippen molar-refractivity contribution in [1.29, 1.82) is 0 Å². The summed E-state index contributed by atoms with van der Waals surface area (Å²) < 4.78 is 13.9. The molecule has 0 heterocycles. The number of carbonyl (C=O) groups excluding carboxylic acids is 1. The van der Waals surface area contributed by atoms with Gasteiger partial charge in [-0.1, -0.05) is 0 Å². The Kier molecular flexibility index (Phi) is 7.24. The topological polar surface area (TPSA) is 29.1 Å². The number of rotatable bonds is 7. The molecule has 0 aliphatic heterocycles. The summed E-state index contributed by atoms with van der Waals surface area (Å²) in [6.45, 7) is 5.76. The first-order valence-electron chi connectivity index (χ1n) is 11.7. The molecule has 0 aromatic heterocycles. The minimum atomic E-state index is -2.80. The molecule has 0 saturated carbocycles. The summed E-state index contributed by atoms with van der Waals surface area (Å²) in [4.78, 5) is 14.1. The molecule has 4 rings (SSSR count). The third kappa shape index (κ3) is 4.41. The third-order valence-electron chi connectivity index (χ3n) is 6.68. The van der Waals surface area contributed by atoms with Crippen LogP contribution in [-0.2, 0) is 4.79 Å². The van der Waals surface area contributed by atoms with E-state index in [2.05, 4.69) is 85.0 Å². The third-order valence-corrected chi connectivity index (χ3v) is 12.1. The normalized spacial score (nSPS) is 12.7. The molecule has 174 valence electrons. The molecule has 1 unspecified atom stereocenters. The van der Waals surface area contributed by atoms with E-state index in [0.29, 0.717) is 12.1 Å². The first kappa shape index (κ1) is 23.9. The molecule has 4 aromatic rings. The standard InChI is InChI=1S/C30H31FNOP/c1-4-28(30(33)32-29-22(2)20-24(31)21-23(29)3)34(25-14-8-5-9-15-25,26-16-10-6-11-17-26)27-18-12-7-13-19-27/h5-21,28,34H,4H2,1-3H3,(H,32,33). The second-order valence-corrected chi connectivity index (χ2v) is 12.8. The van der Waals surface area contributed by atoms with E-state index in [0.717, 1.165) is 11.1 Å². The molecule has 0 fully saturated rings. The van der Waals surface area contributed by atoms with Gasteiger partial charge in [-0.3, -0.25) is 0 Å². The van der Waals surface area contributed by atoms with Crippen LogP contribution >= 0.6 is 7.26 Å². The van der Waals surface area contributed by atoms with Crippen LogP contribution in [0.15, 0.2) is 103 Å². The van der Waals surface area contributed by atoms with Crippen LogP contribution in [0, 0.1) is 19.7 Å². The van der Waals surface area contributed by atoms with Crippen LogP contribution < -0.4 is 21.2 Å². The van der Waals surface area contributed by atoms with Crippen LogP contribution in [0.5, 0.6) is 0 Å². The minimum absolute atomic E-state index is 0.0245. The molecule has 4 aromatic carbocycles. The summed E-state index contributed by atoms with van der Waals surface area (Å²) in [6, 6.07) is 34.3. The summed E-state index contributed by atoms with van der Waals surface area (Å²) in [7, 11) is -2.80. The molecule has 0 saturated heterocycles.